The Morgan fingerprint density at radius 3 is 0.760 bits per heavy atom. The first-order valence-electron chi connectivity index (χ1n) is 41.9. The Kier molecular flexibility index (Phi) is 69.9. The number of phosphoric acid groups is 2. The first-order valence-corrected chi connectivity index (χ1v) is 44.9. The van der Waals surface area contributed by atoms with Gasteiger partial charge in [0.05, 0.1) is 26.4 Å². The van der Waals surface area contributed by atoms with Crippen molar-refractivity contribution in [2.45, 2.75) is 439 Å². The molecule has 0 aromatic carbocycles. The second-order valence-electron chi connectivity index (χ2n) is 30.4. The van der Waals surface area contributed by atoms with Crippen molar-refractivity contribution in [3.8, 4) is 0 Å². The molecule has 17 nitrogen and oxygen atoms in total. The maximum Gasteiger partial charge on any atom is 0.472 e. The summed E-state index contributed by atoms with van der Waals surface area (Å²) in [5.74, 6) is 0.181. The van der Waals surface area contributed by atoms with Crippen molar-refractivity contribution >= 4 is 39.5 Å². The molecule has 0 saturated carbocycles. The first kappa shape index (κ1) is 98.1. The zero-order chi connectivity index (χ0) is 73.7. The smallest absolute Gasteiger partial charge is 0.462 e. The molecule has 6 atom stereocenters. The molecule has 0 radical (unpaired) electrons. The van der Waals surface area contributed by atoms with Gasteiger partial charge in [0, 0.05) is 25.7 Å². The average Bonchev–Trinajstić information content (AvgIpc) is 0.971. The van der Waals surface area contributed by atoms with Crippen LogP contribution in [0.1, 0.15) is 421 Å². The number of carbonyl (C=O) groups is 4. The summed E-state index contributed by atoms with van der Waals surface area (Å²) in [5, 5.41) is 10.6. The van der Waals surface area contributed by atoms with Gasteiger partial charge in [-0.1, -0.05) is 370 Å². The van der Waals surface area contributed by atoms with Gasteiger partial charge in [-0.3, -0.25) is 37.3 Å². The van der Waals surface area contributed by atoms with Crippen LogP contribution in [0.25, 0.3) is 0 Å². The summed E-state index contributed by atoms with van der Waals surface area (Å²) in [6.45, 7) is 11.9. The lowest BCUT2D eigenvalue weighted by molar-refractivity contribution is -0.161. The van der Waals surface area contributed by atoms with Crippen LogP contribution in [-0.4, -0.2) is 96.7 Å². The molecular weight excluding hydrogens is 1310 g/mol. The molecule has 0 aromatic rings. The minimum Gasteiger partial charge on any atom is -0.462 e. The number of carbonyl (C=O) groups excluding carboxylic acids is 4. The summed E-state index contributed by atoms with van der Waals surface area (Å²) in [6, 6.07) is 0. The van der Waals surface area contributed by atoms with Crippen molar-refractivity contribution in [2.24, 2.45) is 17.8 Å². The van der Waals surface area contributed by atoms with Crippen molar-refractivity contribution in [1.29, 1.82) is 0 Å². The summed E-state index contributed by atoms with van der Waals surface area (Å²) in [7, 11) is -9.92. The van der Waals surface area contributed by atoms with Gasteiger partial charge in [0.1, 0.15) is 19.3 Å². The number of hydrogen-bond acceptors (Lipinski definition) is 15. The third-order valence-electron chi connectivity index (χ3n) is 19.2. The van der Waals surface area contributed by atoms with E-state index in [1.807, 2.05) is 0 Å². The largest absolute Gasteiger partial charge is 0.472 e. The van der Waals surface area contributed by atoms with Crippen molar-refractivity contribution < 1.29 is 80.2 Å². The van der Waals surface area contributed by atoms with E-state index in [0.29, 0.717) is 31.6 Å². The summed E-state index contributed by atoms with van der Waals surface area (Å²) >= 11 is 0. The average molecular weight is 1470 g/mol. The van der Waals surface area contributed by atoms with Gasteiger partial charge in [-0.05, 0) is 43.4 Å². The first-order chi connectivity index (χ1) is 48.3. The summed E-state index contributed by atoms with van der Waals surface area (Å²) < 4.78 is 68.7. The standard InChI is InChI=1S/C81H158O17P2/c1-8-10-11-12-13-14-15-16-17-18-19-20-21-26-31-36-41-50-57-64-80(85)97-76(68-91-78(83)62-55-48-40-35-30-25-23-22-24-29-34-39-47-54-61-74(7)9-2)70-95-99(87,88)93-66-75(82)67-94-100(89,90)96-71-77(69-92-79(84)63-56-49-44-43-46-53-60-73(5)6)98-81(86)65-58-51-42-37-32-27-28-33-38-45-52-59-72(3)4/h72-77,82H,8-71H2,1-7H3,(H,87,88)(H,89,90)/t74?,75-,76-,77-/m1/s1. The Labute approximate surface area is 613 Å². The molecule has 0 aliphatic carbocycles. The van der Waals surface area contributed by atoms with Crippen LogP contribution >= 0.6 is 15.6 Å². The number of ether oxygens (including phenoxy) is 4. The quantitative estimate of drug-likeness (QED) is 0.0222. The van der Waals surface area contributed by atoms with Crippen molar-refractivity contribution in [3.05, 3.63) is 0 Å². The zero-order valence-corrected chi connectivity index (χ0v) is 67.5. The van der Waals surface area contributed by atoms with Gasteiger partial charge < -0.3 is 33.8 Å². The minimum atomic E-state index is -4.96. The fraction of sp³-hybridized carbons (Fsp3) is 0.951. The Morgan fingerprint density at radius 2 is 0.510 bits per heavy atom. The van der Waals surface area contributed by atoms with Crippen molar-refractivity contribution in [3.63, 3.8) is 0 Å². The molecule has 0 aromatic heterocycles. The van der Waals surface area contributed by atoms with Crippen molar-refractivity contribution in [1.82, 2.24) is 0 Å². The number of phosphoric ester groups is 2. The Bertz CT molecular complexity index is 1940. The predicted octanol–water partition coefficient (Wildman–Crippen LogP) is 24.1. The molecule has 0 aliphatic heterocycles. The molecule has 100 heavy (non-hydrogen) atoms. The monoisotopic (exact) mass is 1470 g/mol. The molecule has 0 saturated heterocycles. The fourth-order valence-electron chi connectivity index (χ4n) is 12.5. The highest BCUT2D eigenvalue weighted by Crippen LogP contribution is 2.45. The third kappa shape index (κ3) is 73.0. The van der Waals surface area contributed by atoms with Crippen LogP contribution in [0.3, 0.4) is 0 Å². The highest BCUT2D eigenvalue weighted by molar-refractivity contribution is 7.47. The maximum absolute atomic E-state index is 13.1. The highest BCUT2D eigenvalue weighted by atomic mass is 31.2. The third-order valence-corrected chi connectivity index (χ3v) is 21.1. The topological polar surface area (TPSA) is 237 Å². The van der Waals surface area contributed by atoms with Crippen LogP contribution in [0.15, 0.2) is 0 Å². The minimum absolute atomic E-state index is 0.105. The number of aliphatic hydroxyl groups is 1. The van der Waals surface area contributed by atoms with E-state index < -0.39 is 97.5 Å². The van der Waals surface area contributed by atoms with E-state index in [9.17, 15) is 43.2 Å². The Hall–Kier alpha value is -1.94. The normalized spacial score (nSPS) is 14.2. The zero-order valence-electron chi connectivity index (χ0n) is 65.7. The SMILES string of the molecule is CCCCCCCCCCCCCCCCCCCCCC(=O)O[C@H](COC(=O)CCCCCCCCCCCCCCCCC(C)CC)COP(=O)(O)OC[C@@H](O)COP(=O)(O)OC[C@@H](COC(=O)CCCCCCCCC(C)C)OC(=O)CCCCCCCCCCCCCC(C)C. The highest BCUT2D eigenvalue weighted by Gasteiger charge is 2.30. The lowest BCUT2D eigenvalue weighted by atomic mass is 9.99. The molecule has 0 heterocycles. The van der Waals surface area contributed by atoms with E-state index in [2.05, 4.69) is 48.5 Å². The summed E-state index contributed by atoms with van der Waals surface area (Å²) in [4.78, 5) is 73.0. The molecule has 3 N–H and O–H groups in total. The fourth-order valence-corrected chi connectivity index (χ4v) is 14.0. The van der Waals surface area contributed by atoms with E-state index in [0.717, 1.165) is 108 Å². The molecule has 0 fully saturated rings. The van der Waals surface area contributed by atoms with Crippen LogP contribution in [0, 0.1) is 17.8 Å². The van der Waals surface area contributed by atoms with Crippen LogP contribution in [0.5, 0.6) is 0 Å². The predicted molar refractivity (Wildman–Crippen MR) is 409 cm³/mol. The van der Waals surface area contributed by atoms with Crippen LogP contribution in [-0.2, 0) is 65.4 Å². The number of esters is 4. The Balaban J connectivity index is 5.23. The molecule has 3 unspecified atom stereocenters. The van der Waals surface area contributed by atoms with E-state index in [1.54, 1.807) is 0 Å². The van der Waals surface area contributed by atoms with Gasteiger partial charge in [-0.15, -0.1) is 0 Å². The summed E-state index contributed by atoms with van der Waals surface area (Å²) in [5.41, 5.74) is 0. The Morgan fingerprint density at radius 1 is 0.290 bits per heavy atom. The van der Waals surface area contributed by atoms with E-state index >= 15 is 0 Å². The number of hydrogen-bond donors (Lipinski definition) is 3. The molecule has 0 aliphatic rings. The lowest BCUT2D eigenvalue weighted by Crippen LogP contribution is -2.30. The van der Waals surface area contributed by atoms with Crippen molar-refractivity contribution in [2.75, 3.05) is 39.6 Å². The van der Waals surface area contributed by atoms with Gasteiger partial charge >= 0.3 is 39.5 Å². The molecular formula is C81H158O17P2. The molecule has 0 rings (SSSR count). The molecule has 0 bridgehead atoms. The van der Waals surface area contributed by atoms with Crippen LogP contribution < -0.4 is 0 Å². The lowest BCUT2D eigenvalue weighted by Gasteiger charge is -2.21. The summed E-state index contributed by atoms with van der Waals surface area (Å²) in [6.07, 6.45) is 59.8. The maximum atomic E-state index is 13.1. The molecule has 0 spiro atoms. The van der Waals surface area contributed by atoms with Gasteiger partial charge in [0.2, 0.25) is 0 Å². The molecule has 0 amide bonds. The molecule has 19 heteroatoms. The number of unbranched alkanes of at least 4 members (excludes halogenated alkanes) is 46. The van der Waals surface area contributed by atoms with Gasteiger partial charge in [0.25, 0.3) is 0 Å². The van der Waals surface area contributed by atoms with Gasteiger partial charge in [0.15, 0.2) is 12.2 Å². The van der Waals surface area contributed by atoms with E-state index in [-0.39, 0.29) is 25.7 Å². The second kappa shape index (κ2) is 71.3. The van der Waals surface area contributed by atoms with Crippen LogP contribution in [0.4, 0.5) is 0 Å². The van der Waals surface area contributed by atoms with Gasteiger partial charge in [-0.25, -0.2) is 9.13 Å². The van der Waals surface area contributed by atoms with E-state index in [4.69, 9.17) is 37.0 Å². The molecule has 594 valence electrons. The van der Waals surface area contributed by atoms with Gasteiger partial charge in [-0.2, -0.15) is 0 Å². The van der Waals surface area contributed by atoms with Crippen LogP contribution in [0.2, 0.25) is 0 Å². The second-order valence-corrected chi connectivity index (χ2v) is 33.3. The van der Waals surface area contributed by atoms with E-state index in [1.165, 1.54) is 225 Å². The number of aliphatic hydroxyl groups excluding tert-OH is 1. The number of rotatable bonds is 79.